The third-order valence-electron chi connectivity index (χ3n) is 1.29. The number of rotatable bonds is 5. The average molecular weight is 503 g/mol. The number of hydrogen-bond acceptors (Lipinski definition) is 11. The summed E-state index contributed by atoms with van der Waals surface area (Å²) in [5.74, 6) is -5.02. The molecular formula is C6H18ClN2Na2O15PS. The first-order valence-corrected chi connectivity index (χ1v) is 7.52. The summed E-state index contributed by atoms with van der Waals surface area (Å²) in [4.78, 5) is 52.0. The van der Waals surface area contributed by atoms with Crippen LogP contribution in [0, 0.1) is 0 Å². The minimum atomic E-state index is -5.17. The van der Waals surface area contributed by atoms with Crippen molar-refractivity contribution in [1.29, 1.82) is 0 Å². The van der Waals surface area contributed by atoms with E-state index in [-0.39, 0.29) is 83.8 Å². The minimum absolute atomic E-state index is 0. The van der Waals surface area contributed by atoms with Crippen molar-refractivity contribution in [3.05, 3.63) is 0 Å². The first kappa shape index (κ1) is 51.3. The van der Waals surface area contributed by atoms with Gasteiger partial charge in [-0.2, -0.15) is 0 Å². The monoisotopic (exact) mass is 502 g/mol. The number of aliphatic hydroxyl groups is 1. The van der Waals surface area contributed by atoms with Crippen molar-refractivity contribution in [2.24, 2.45) is 0 Å². The Morgan fingerprint density at radius 3 is 1.07 bits per heavy atom. The number of halogens is 1. The summed E-state index contributed by atoms with van der Waals surface area (Å²) >= 11 is 0. The topological polar surface area (TPSA) is 360 Å². The van der Waals surface area contributed by atoms with Gasteiger partial charge in [-0.05, 0) is 0 Å². The summed E-state index contributed by atoms with van der Waals surface area (Å²) in [6, 6.07) is 0. The van der Waals surface area contributed by atoms with Gasteiger partial charge in [0.2, 0.25) is 0 Å². The van der Waals surface area contributed by atoms with Gasteiger partial charge in [0, 0.05) is 10.4 Å². The van der Waals surface area contributed by atoms with Crippen LogP contribution in [0.3, 0.4) is 0 Å². The van der Waals surface area contributed by atoms with Crippen LogP contribution in [0.1, 0.15) is 12.8 Å². The zero-order valence-electron chi connectivity index (χ0n) is 14.5. The van der Waals surface area contributed by atoms with Crippen LogP contribution >= 0.6 is 20.2 Å². The number of carbonyl (C=O) groups is 3. The molecule has 0 atom stereocenters. The van der Waals surface area contributed by atoms with Gasteiger partial charge < -0.3 is 56.5 Å². The molecule has 0 bridgehead atoms. The summed E-state index contributed by atoms with van der Waals surface area (Å²) in [6.07, 6.45) is -2.29. The fraction of sp³-hybridized carbons (Fsp3) is 0.500. The Balaban J connectivity index is -0.0000000383. The molecule has 13 N–H and O–H groups in total. The molecular weight excluding hydrogens is 485 g/mol. The second-order valence-electron chi connectivity index (χ2n) is 3.40. The van der Waals surface area contributed by atoms with E-state index in [1.54, 1.807) is 0 Å². The van der Waals surface area contributed by atoms with Crippen LogP contribution in [0.5, 0.6) is 0 Å². The number of carboxylic acids is 3. The van der Waals surface area contributed by atoms with Crippen molar-refractivity contribution in [2.45, 2.75) is 18.4 Å². The standard InChI is InChI=1S/C6H8O7.ClH.2H3N.2Na.H3O4P.H2O4S/c7-3(8)1-6(13,5(11)12)2-4(9)10;;;;;;2*1-5(2,3)4/h13H,1-2H2,(H,7,8)(H,9,10)(H,11,12);1H;2*1H3;;;(H3,1,2,3,4);(H2,1,2,3,4)/q;;;;2*+1;;/p-2. The van der Waals surface area contributed by atoms with Crippen molar-refractivity contribution < 1.29 is 131 Å². The number of carboxylic acid groups (broad SMARTS) is 3. The molecule has 0 spiro atoms. The van der Waals surface area contributed by atoms with E-state index in [2.05, 4.69) is 0 Å². The minimum Gasteiger partial charge on any atom is -0.759 e. The van der Waals surface area contributed by atoms with E-state index in [0.29, 0.717) is 0 Å². The first-order valence-electron chi connectivity index (χ1n) is 4.62. The molecule has 0 saturated heterocycles. The molecule has 0 radical (unpaired) electrons. The molecule has 22 heteroatoms. The van der Waals surface area contributed by atoms with Gasteiger partial charge in [-0.1, -0.05) is 0 Å². The van der Waals surface area contributed by atoms with E-state index in [4.69, 9.17) is 57.2 Å². The summed E-state index contributed by atoms with van der Waals surface area (Å²) in [6.45, 7) is 0. The Labute approximate surface area is 208 Å². The SMILES string of the molecule is Cl.N.N.O=C(O)CC(O)(CC(=O)O)C(=O)O.O=P(O)(O)O.O=S(=O)([O-])[O-].[Na+].[Na+]. The molecule has 0 aliphatic rings. The van der Waals surface area contributed by atoms with Gasteiger partial charge in [-0.3, -0.25) is 18.0 Å². The Morgan fingerprint density at radius 1 is 0.857 bits per heavy atom. The summed E-state index contributed by atoms with van der Waals surface area (Å²) in [7, 11) is -9.81. The fourth-order valence-electron chi connectivity index (χ4n) is 0.714. The second kappa shape index (κ2) is 22.2. The molecule has 28 heavy (non-hydrogen) atoms. The van der Waals surface area contributed by atoms with Gasteiger partial charge in [0.05, 0.1) is 12.8 Å². The Bertz CT molecular complexity index is 551. The molecule has 0 saturated carbocycles. The Kier molecular flexibility index (Phi) is 40.8. The van der Waals surface area contributed by atoms with Gasteiger partial charge in [-0.15, -0.1) is 12.4 Å². The third kappa shape index (κ3) is 63.3. The molecule has 0 aliphatic heterocycles. The number of aliphatic carboxylic acids is 3. The van der Waals surface area contributed by atoms with E-state index in [0.717, 1.165) is 0 Å². The van der Waals surface area contributed by atoms with E-state index < -0.39 is 54.6 Å². The Morgan fingerprint density at radius 2 is 1.00 bits per heavy atom. The quantitative estimate of drug-likeness (QED) is 0.0728. The van der Waals surface area contributed by atoms with Gasteiger partial charge in [0.25, 0.3) is 0 Å². The maximum absolute atomic E-state index is 10.3. The van der Waals surface area contributed by atoms with Crippen molar-refractivity contribution >= 4 is 48.5 Å². The van der Waals surface area contributed by atoms with Gasteiger partial charge in [0.15, 0.2) is 5.60 Å². The molecule has 0 amide bonds. The molecule has 0 aromatic carbocycles. The predicted molar refractivity (Wildman–Crippen MR) is 79.1 cm³/mol. The van der Waals surface area contributed by atoms with Crippen molar-refractivity contribution in [3.63, 3.8) is 0 Å². The van der Waals surface area contributed by atoms with Gasteiger partial charge in [-0.25, -0.2) is 9.36 Å². The van der Waals surface area contributed by atoms with Crippen molar-refractivity contribution in [1.82, 2.24) is 12.3 Å². The van der Waals surface area contributed by atoms with Crippen LogP contribution in [0.15, 0.2) is 0 Å². The van der Waals surface area contributed by atoms with E-state index in [9.17, 15) is 14.4 Å². The number of phosphoric acid groups is 1. The molecule has 0 unspecified atom stereocenters. The van der Waals surface area contributed by atoms with Gasteiger partial charge in [0.1, 0.15) is 0 Å². The third-order valence-corrected chi connectivity index (χ3v) is 1.29. The molecule has 17 nitrogen and oxygen atoms in total. The van der Waals surface area contributed by atoms with Crippen LogP contribution in [-0.2, 0) is 29.3 Å². The van der Waals surface area contributed by atoms with E-state index >= 15 is 0 Å². The summed E-state index contributed by atoms with van der Waals surface area (Å²) in [5.41, 5.74) is -2.74. The van der Waals surface area contributed by atoms with E-state index in [1.165, 1.54) is 0 Å². The molecule has 0 heterocycles. The zero-order chi connectivity index (χ0) is 19.6. The maximum atomic E-state index is 10.3. The largest absolute Gasteiger partial charge is 1.00 e. The second-order valence-corrected chi connectivity index (χ2v) is 5.24. The maximum Gasteiger partial charge on any atom is 1.00 e. The van der Waals surface area contributed by atoms with Crippen LogP contribution in [0.2, 0.25) is 0 Å². The number of hydrogen-bond donors (Lipinski definition) is 9. The summed E-state index contributed by atoms with van der Waals surface area (Å²) in [5, 5.41) is 33.8. The van der Waals surface area contributed by atoms with Crippen molar-refractivity contribution in [2.75, 3.05) is 0 Å². The zero-order valence-corrected chi connectivity index (χ0v) is 21.0. The van der Waals surface area contributed by atoms with Crippen LogP contribution in [0.4, 0.5) is 0 Å². The summed E-state index contributed by atoms with van der Waals surface area (Å²) < 4.78 is 43.0. The van der Waals surface area contributed by atoms with Crippen LogP contribution in [-0.4, -0.2) is 76.1 Å². The molecule has 0 rings (SSSR count). The van der Waals surface area contributed by atoms with Crippen molar-refractivity contribution in [3.8, 4) is 0 Å². The molecule has 0 aliphatic carbocycles. The van der Waals surface area contributed by atoms with Gasteiger partial charge >= 0.3 is 84.8 Å². The van der Waals surface area contributed by atoms with Crippen LogP contribution < -0.4 is 71.4 Å². The molecule has 0 aromatic heterocycles. The fourth-order valence-corrected chi connectivity index (χ4v) is 0.714. The first-order chi connectivity index (χ1) is 9.78. The molecule has 162 valence electrons. The van der Waals surface area contributed by atoms with Crippen LogP contribution in [0.25, 0.3) is 0 Å². The molecule has 0 fully saturated rings. The average Bonchev–Trinajstić information content (AvgIpc) is 2.07. The Hall–Kier alpha value is 0.560. The molecule has 0 aromatic rings. The predicted octanol–water partition coefficient (Wildman–Crippen LogP) is -8.76. The smallest absolute Gasteiger partial charge is 0.759 e. The van der Waals surface area contributed by atoms with E-state index in [1.807, 2.05) is 0 Å². The normalized spacial score (nSPS) is 9.21.